The molecule has 0 radical (unpaired) electrons. The van der Waals surface area contributed by atoms with Gasteiger partial charge in [0, 0.05) is 16.9 Å². The number of oxime groups is 1. The van der Waals surface area contributed by atoms with Gasteiger partial charge in [0.25, 0.3) is 11.8 Å². The van der Waals surface area contributed by atoms with Crippen LogP contribution in [0.3, 0.4) is 0 Å². The van der Waals surface area contributed by atoms with E-state index in [2.05, 4.69) is 31.0 Å². The number of β-lactam (4-membered cyclic amide) rings is 1. The van der Waals surface area contributed by atoms with Gasteiger partial charge < -0.3 is 26.1 Å². The van der Waals surface area contributed by atoms with E-state index in [1.807, 2.05) is 0 Å². The molecule has 4 heterocycles. The first-order valence-corrected chi connectivity index (χ1v) is 12.8. The van der Waals surface area contributed by atoms with Crippen LogP contribution in [0.2, 0.25) is 0 Å². The minimum Gasteiger partial charge on any atom is -0.477 e. The van der Waals surface area contributed by atoms with Gasteiger partial charge in [0.2, 0.25) is 5.16 Å². The summed E-state index contributed by atoms with van der Waals surface area (Å²) in [4.78, 5) is 47.7. The molecule has 0 aromatic carbocycles. The lowest BCUT2D eigenvalue weighted by Gasteiger charge is -2.49. The van der Waals surface area contributed by atoms with Crippen molar-refractivity contribution in [2.24, 2.45) is 5.16 Å². The Balaban J connectivity index is 0.00000361. The average molecular weight is 578 g/mol. The first-order valence-electron chi connectivity index (χ1n) is 9.88. The number of fused-ring (bicyclic) bond motifs is 1. The van der Waals surface area contributed by atoms with Crippen molar-refractivity contribution >= 4 is 75.9 Å². The second-order valence-electron chi connectivity index (χ2n) is 7.01. The van der Waals surface area contributed by atoms with Crippen LogP contribution in [-0.4, -0.2) is 100 Å². The summed E-state index contributed by atoms with van der Waals surface area (Å²) in [6, 6.07) is -0.953. The van der Waals surface area contributed by atoms with Crippen molar-refractivity contribution < 1.29 is 29.4 Å². The fourth-order valence-electron chi connectivity index (χ4n) is 3.38. The second kappa shape index (κ2) is 11.9. The Morgan fingerprint density at radius 3 is 2.86 bits per heavy atom. The number of carbonyl (C=O) groups is 3. The van der Waals surface area contributed by atoms with E-state index in [0.717, 1.165) is 11.3 Å². The Labute approximate surface area is 221 Å². The number of carbonyl (C=O) groups excluding carboxylic acids is 2. The SMILES string of the molecule is CON=C(C(=O)NC1C(=O)N2C(C(=O)O)=C(CSc3nnnn3CCO)CS[C@@H]12)c1csc(N)n1.Cl. The number of aliphatic hydroxyl groups is 1. The molecule has 2 atom stereocenters. The zero-order valence-corrected chi connectivity index (χ0v) is 21.7. The van der Waals surface area contributed by atoms with E-state index >= 15 is 0 Å². The van der Waals surface area contributed by atoms with Crippen LogP contribution >= 0.6 is 47.3 Å². The largest absolute Gasteiger partial charge is 0.477 e. The number of halogens is 1. The molecule has 1 unspecified atom stereocenters. The van der Waals surface area contributed by atoms with Crippen LogP contribution in [0.1, 0.15) is 5.69 Å². The summed E-state index contributed by atoms with van der Waals surface area (Å²) in [7, 11) is 1.27. The molecule has 36 heavy (non-hydrogen) atoms. The number of carboxylic acids is 1. The quantitative estimate of drug-likeness (QED) is 0.116. The lowest BCUT2D eigenvalue weighted by atomic mass is 10.0. The van der Waals surface area contributed by atoms with Crippen LogP contribution in [0.4, 0.5) is 5.13 Å². The van der Waals surface area contributed by atoms with Gasteiger partial charge in [0.05, 0.1) is 13.2 Å². The highest BCUT2D eigenvalue weighted by atomic mass is 35.5. The summed E-state index contributed by atoms with van der Waals surface area (Å²) in [5.41, 5.74) is 6.05. The molecule has 0 bridgehead atoms. The highest BCUT2D eigenvalue weighted by Crippen LogP contribution is 2.41. The number of hydrogen-bond acceptors (Lipinski definition) is 14. The second-order valence-corrected chi connectivity index (χ2v) is 9.95. The molecule has 19 heteroatoms. The lowest BCUT2D eigenvalue weighted by molar-refractivity contribution is -0.150. The topological polar surface area (TPSA) is 211 Å². The molecule has 1 saturated heterocycles. The van der Waals surface area contributed by atoms with Crippen molar-refractivity contribution in [1.29, 1.82) is 0 Å². The van der Waals surface area contributed by atoms with E-state index in [4.69, 9.17) is 15.7 Å². The molecule has 1 fully saturated rings. The number of tetrazole rings is 1. The van der Waals surface area contributed by atoms with Crippen LogP contribution in [0, 0.1) is 0 Å². The van der Waals surface area contributed by atoms with Gasteiger partial charge in [-0.15, -0.1) is 40.6 Å². The van der Waals surface area contributed by atoms with Crippen LogP contribution in [0.5, 0.6) is 0 Å². The van der Waals surface area contributed by atoms with Crippen molar-refractivity contribution in [3.05, 3.63) is 22.3 Å². The number of aliphatic hydroxyl groups excluding tert-OH is 1. The van der Waals surface area contributed by atoms with Gasteiger partial charge in [-0.1, -0.05) is 16.9 Å². The molecule has 2 aromatic heterocycles. The van der Waals surface area contributed by atoms with Gasteiger partial charge in [0.1, 0.15) is 29.9 Å². The maximum absolute atomic E-state index is 12.9. The number of amides is 2. The third kappa shape index (κ3) is 5.41. The normalized spacial score (nSPS) is 19.3. The van der Waals surface area contributed by atoms with Gasteiger partial charge in [-0.25, -0.2) is 14.5 Å². The lowest BCUT2D eigenvalue weighted by Crippen LogP contribution is -2.71. The summed E-state index contributed by atoms with van der Waals surface area (Å²) >= 11 is 3.64. The third-order valence-corrected chi connectivity index (χ3v) is 7.94. The number of nitrogen functional groups attached to an aromatic ring is 1. The number of nitrogens with two attached hydrogens (primary N) is 1. The standard InChI is InChI=1S/C17H19N9O6S3.ClH/c1-32-22-9(8-6-34-16(18)19-8)12(28)20-10-13(29)26-11(15(30)31)7(4-33-14(10)26)5-35-17-21-23-24-25(17)2-3-27;/h6,10,14,27H,2-5H2,1H3,(H2,18,19)(H,20,28)(H,30,31);1H/t10?,14-;/m0./s1. The maximum Gasteiger partial charge on any atom is 0.352 e. The van der Waals surface area contributed by atoms with Crippen LogP contribution in [-0.2, 0) is 25.8 Å². The molecular weight excluding hydrogens is 558 g/mol. The van der Waals surface area contributed by atoms with Crippen LogP contribution in [0.15, 0.2) is 27.0 Å². The molecule has 2 aliphatic heterocycles. The summed E-state index contributed by atoms with van der Waals surface area (Å²) in [5.74, 6) is -1.97. The molecule has 0 spiro atoms. The van der Waals surface area contributed by atoms with Crippen molar-refractivity contribution in [3.8, 4) is 0 Å². The highest BCUT2D eigenvalue weighted by molar-refractivity contribution is 8.01. The zero-order valence-electron chi connectivity index (χ0n) is 18.4. The Morgan fingerprint density at radius 1 is 1.44 bits per heavy atom. The molecule has 194 valence electrons. The summed E-state index contributed by atoms with van der Waals surface area (Å²) in [6.07, 6.45) is 0. The predicted molar refractivity (Wildman–Crippen MR) is 133 cm³/mol. The Hall–Kier alpha value is -2.93. The van der Waals surface area contributed by atoms with E-state index in [1.165, 1.54) is 45.6 Å². The van der Waals surface area contributed by atoms with Gasteiger partial charge in [0.15, 0.2) is 10.8 Å². The number of rotatable bonds is 10. The Morgan fingerprint density at radius 2 is 2.22 bits per heavy atom. The molecule has 15 nitrogen and oxygen atoms in total. The molecule has 0 aliphatic carbocycles. The van der Waals surface area contributed by atoms with Crippen molar-refractivity contribution in [2.45, 2.75) is 23.1 Å². The van der Waals surface area contributed by atoms with Crippen molar-refractivity contribution in [2.75, 3.05) is 31.0 Å². The first-order chi connectivity index (χ1) is 16.8. The van der Waals surface area contributed by atoms with E-state index in [1.54, 1.807) is 0 Å². The van der Waals surface area contributed by atoms with Gasteiger partial charge >= 0.3 is 5.97 Å². The fourth-order valence-corrected chi connectivity index (χ4v) is 6.32. The number of nitrogens with zero attached hydrogens (tertiary/aromatic N) is 7. The number of nitrogens with one attached hydrogen (secondary N) is 1. The summed E-state index contributed by atoms with van der Waals surface area (Å²) < 4.78 is 1.40. The van der Waals surface area contributed by atoms with Crippen LogP contribution < -0.4 is 11.1 Å². The van der Waals surface area contributed by atoms with Gasteiger partial charge in [-0.2, -0.15) is 0 Å². The number of aromatic nitrogens is 5. The van der Waals surface area contributed by atoms with Crippen molar-refractivity contribution in [3.63, 3.8) is 0 Å². The number of anilines is 1. The van der Waals surface area contributed by atoms with Gasteiger partial charge in [-0.05, 0) is 16.0 Å². The molecular formula is C17H20ClN9O6S3. The molecule has 2 aromatic rings. The molecule has 5 N–H and O–H groups in total. The summed E-state index contributed by atoms with van der Waals surface area (Å²) in [6.45, 7) is 0.0477. The van der Waals surface area contributed by atoms with Crippen LogP contribution in [0.25, 0.3) is 0 Å². The van der Waals surface area contributed by atoms with E-state index in [9.17, 15) is 19.5 Å². The number of thiazole rings is 1. The van der Waals surface area contributed by atoms with E-state index in [0.29, 0.717) is 16.5 Å². The maximum atomic E-state index is 12.9. The number of thioether (sulfide) groups is 2. The number of hydrogen-bond donors (Lipinski definition) is 4. The summed E-state index contributed by atoms with van der Waals surface area (Å²) in [5, 5.41) is 38.0. The van der Waals surface area contributed by atoms with E-state index in [-0.39, 0.29) is 53.5 Å². The molecule has 2 amide bonds. The number of aliphatic carboxylic acids is 1. The molecule has 2 aliphatic rings. The molecule has 0 saturated carbocycles. The first kappa shape index (κ1) is 27.7. The third-order valence-electron chi connectivity index (χ3n) is 4.88. The fraction of sp³-hybridized carbons (Fsp3) is 0.412. The zero-order chi connectivity index (χ0) is 25.1. The minimum atomic E-state index is -1.25. The number of carboxylic acid groups (broad SMARTS) is 1. The average Bonchev–Trinajstić information content (AvgIpc) is 3.47. The highest BCUT2D eigenvalue weighted by Gasteiger charge is 2.54. The Kier molecular flexibility index (Phi) is 9.12. The smallest absolute Gasteiger partial charge is 0.352 e. The predicted octanol–water partition coefficient (Wildman–Crippen LogP) is -0.993. The Bertz CT molecular complexity index is 1220. The molecule has 4 rings (SSSR count). The monoisotopic (exact) mass is 577 g/mol. The minimum absolute atomic E-state index is 0. The van der Waals surface area contributed by atoms with Gasteiger partial charge in [-0.3, -0.25) is 14.5 Å². The van der Waals surface area contributed by atoms with E-state index < -0.39 is 29.2 Å². The van der Waals surface area contributed by atoms with Crippen molar-refractivity contribution in [1.82, 2.24) is 35.4 Å².